The molecule has 0 spiro atoms. The van der Waals surface area contributed by atoms with Crippen molar-refractivity contribution in [2.75, 3.05) is 19.6 Å². The van der Waals surface area contributed by atoms with Crippen molar-refractivity contribution in [3.05, 3.63) is 0 Å². The van der Waals surface area contributed by atoms with Crippen LogP contribution in [-0.4, -0.2) is 36.5 Å². The normalized spacial score (nSPS) is 30.5. The summed E-state index contributed by atoms with van der Waals surface area (Å²) in [6.45, 7) is 7.37. The fourth-order valence-corrected chi connectivity index (χ4v) is 2.77. The first-order valence-electron chi connectivity index (χ1n) is 6.78. The largest absolute Gasteiger partial charge is 0.342 e. The minimum atomic E-state index is 0.383. The molecule has 2 rings (SSSR count). The average molecular weight is 224 g/mol. The van der Waals surface area contributed by atoms with Gasteiger partial charge in [-0.05, 0) is 31.7 Å². The SMILES string of the molecule is CCNC1CCN(C(=O)C2CC2)CC1CC. The van der Waals surface area contributed by atoms with Crippen LogP contribution in [0.25, 0.3) is 0 Å². The standard InChI is InChI=1S/C13H24N2O/c1-3-10-9-15(13(16)11-5-6-11)8-7-12(10)14-4-2/h10-12,14H,3-9H2,1-2H3. The Morgan fingerprint density at radius 2 is 2.06 bits per heavy atom. The number of nitrogens with zero attached hydrogens (tertiary/aromatic N) is 1. The van der Waals surface area contributed by atoms with Crippen LogP contribution < -0.4 is 5.32 Å². The van der Waals surface area contributed by atoms with Crippen LogP contribution >= 0.6 is 0 Å². The molecule has 2 atom stereocenters. The molecule has 1 aliphatic carbocycles. The summed E-state index contributed by atoms with van der Waals surface area (Å²) in [5.74, 6) is 1.46. The number of amides is 1. The molecule has 0 bridgehead atoms. The average Bonchev–Trinajstić information content (AvgIpc) is 3.13. The summed E-state index contributed by atoms with van der Waals surface area (Å²) in [4.78, 5) is 14.1. The molecule has 1 aliphatic heterocycles. The second kappa shape index (κ2) is 5.17. The van der Waals surface area contributed by atoms with E-state index < -0.39 is 0 Å². The number of hydrogen-bond donors (Lipinski definition) is 1. The topological polar surface area (TPSA) is 32.3 Å². The zero-order valence-corrected chi connectivity index (χ0v) is 10.5. The lowest BCUT2D eigenvalue weighted by Gasteiger charge is -2.38. The Labute approximate surface area is 98.6 Å². The van der Waals surface area contributed by atoms with Crippen molar-refractivity contribution < 1.29 is 4.79 Å². The van der Waals surface area contributed by atoms with Gasteiger partial charge in [0.25, 0.3) is 0 Å². The van der Waals surface area contributed by atoms with Crippen LogP contribution in [0.5, 0.6) is 0 Å². The van der Waals surface area contributed by atoms with Gasteiger partial charge in [-0.3, -0.25) is 4.79 Å². The maximum Gasteiger partial charge on any atom is 0.225 e. The van der Waals surface area contributed by atoms with Gasteiger partial charge in [-0.2, -0.15) is 0 Å². The molecule has 1 N–H and O–H groups in total. The maximum absolute atomic E-state index is 12.0. The van der Waals surface area contributed by atoms with E-state index in [1.807, 2.05) is 0 Å². The van der Waals surface area contributed by atoms with E-state index in [-0.39, 0.29) is 0 Å². The van der Waals surface area contributed by atoms with Gasteiger partial charge in [0.1, 0.15) is 0 Å². The molecule has 2 aliphatic rings. The molecule has 3 nitrogen and oxygen atoms in total. The molecule has 2 unspecified atom stereocenters. The van der Waals surface area contributed by atoms with Crippen LogP contribution in [0.1, 0.15) is 39.5 Å². The molecule has 0 aromatic carbocycles. The van der Waals surface area contributed by atoms with Crippen molar-refractivity contribution in [3.8, 4) is 0 Å². The second-order valence-corrected chi connectivity index (χ2v) is 5.18. The van der Waals surface area contributed by atoms with E-state index in [0.717, 1.165) is 38.9 Å². The van der Waals surface area contributed by atoms with Crippen LogP contribution in [0.15, 0.2) is 0 Å². The van der Waals surface area contributed by atoms with Gasteiger partial charge >= 0.3 is 0 Å². The number of carbonyl (C=O) groups excluding carboxylic acids is 1. The highest BCUT2D eigenvalue weighted by molar-refractivity contribution is 5.81. The van der Waals surface area contributed by atoms with Crippen LogP contribution in [0.4, 0.5) is 0 Å². The molecule has 0 aromatic rings. The number of hydrogen-bond acceptors (Lipinski definition) is 2. The van der Waals surface area contributed by atoms with Crippen LogP contribution in [0.2, 0.25) is 0 Å². The highest BCUT2D eigenvalue weighted by Crippen LogP contribution is 2.32. The number of piperidine rings is 1. The first kappa shape index (κ1) is 11.9. The monoisotopic (exact) mass is 224 g/mol. The van der Waals surface area contributed by atoms with E-state index in [2.05, 4.69) is 24.1 Å². The van der Waals surface area contributed by atoms with E-state index >= 15 is 0 Å². The van der Waals surface area contributed by atoms with Crippen LogP contribution in [0, 0.1) is 11.8 Å². The van der Waals surface area contributed by atoms with Crippen LogP contribution in [-0.2, 0) is 4.79 Å². The highest BCUT2D eigenvalue weighted by Gasteiger charge is 2.37. The fraction of sp³-hybridized carbons (Fsp3) is 0.923. The van der Waals surface area contributed by atoms with Gasteiger partial charge in [0.2, 0.25) is 5.91 Å². The second-order valence-electron chi connectivity index (χ2n) is 5.18. The van der Waals surface area contributed by atoms with Crippen molar-refractivity contribution >= 4 is 5.91 Å². The van der Waals surface area contributed by atoms with Gasteiger partial charge < -0.3 is 10.2 Å². The van der Waals surface area contributed by atoms with Crippen molar-refractivity contribution in [1.82, 2.24) is 10.2 Å². The number of nitrogens with one attached hydrogen (secondary N) is 1. The van der Waals surface area contributed by atoms with Gasteiger partial charge in [0.15, 0.2) is 0 Å². The molecule has 1 heterocycles. The summed E-state index contributed by atoms with van der Waals surface area (Å²) >= 11 is 0. The molecule has 0 radical (unpaired) electrons. The fourth-order valence-electron chi connectivity index (χ4n) is 2.77. The quantitative estimate of drug-likeness (QED) is 0.787. The predicted octanol–water partition coefficient (Wildman–Crippen LogP) is 1.63. The summed E-state index contributed by atoms with van der Waals surface area (Å²) in [5.41, 5.74) is 0. The summed E-state index contributed by atoms with van der Waals surface area (Å²) in [6, 6.07) is 0.623. The molecular formula is C13H24N2O. The van der Waals surface area contributed by atoms with Crippen molar-refractivity contribution in [1.29, 1.82) is 0 Å². The van der Waals surface area contributed by atoms with Crippen LogP contribution in [0.3, 0.4) is 0 Å². The summed E-state index contributed by atoms with van der Waals surface area (Å²) in [6.07, 6.45) is 4.56. The summed E-state index contributed by atoms with van der Waals surface area (Å²) in [7, 11) is 0. The molecule has 2 fully saturated rings. The molecular weight excluding hydrogens is 200 g/mol. The molecule has 1 amide bonds. The smallest absolute Gasteiger partial charge is 0.225 e. The van der Waals surface area contributed by atoms with Crippen molar-refractivity contribution in [3.63, 3.8) is 0 Å². The van der Waals surface area contributed by atoms with Crippen molar-refractivity contribution in [2.24, 2.45) is 11.8 Å². The molecule has 92 valence electrons. The lowest BCUT2D eigenvalue weighted by Crippen LogP contribution is -2.51. The minimum absolute atomic E-state index is 0.383. The molecule has 0 aromatic heterocycles. The predicted molar refractivity (Wildman–Crippen MR) is 65.2 cm³/mol. The maximum atomic E-state index is 12.0. The number of likely N-dealkylation sites (tertiary alicyclic amines) is 1. The lowest BCUT2D eigenvalue weighted by atomic mass is 9.89. The third kappa shape index (κ3) is 2.57. The minimum Gasteiger partial charge on any atom is -0.342 e. The van der Waals surface area contributed by atoms with Gasteiger partial charge in [0, 0.05) is 25.0 Å². The Hall–Kier alpha value is -0.570. The highest BCUT2D eigenvalue weighted by atomic mass is 16.2. The third-order valence-corrected chi connectivity index (χ3v) is 3.96. The molecule has 16 heavy (non-hydrogen) atoms. The van der Waals surface area contributed by atoms with Crippen molar-refractivity contribution in [2.45, 2.75) is 45.6 Å². The molecule has 1 saturated carbocycles. The van der Waals surface area contributed by atoms with Gasteiger partial charge in [-0.25, -0.2) is 0 Å². The Morgan fingerprint density at radius 1 is 1.31 bits per heavy atom. The first-order chi connectivity index (χ1) is 7.76. The number of carbonyl (C=O) groups is 1. The Kier molecular flexibility index (Phi) is 3.85. The zero-order chi connectivity index (χ0) is 11.5. The third-order valence-electron chi connectivity index (χ3n) is 3.96. The molecule has 3 heteroatoms. The van der Waals surface area contributed by atoms with E-state index in [1.54, 1.807) is 0 Å². The lowest BCUT2D eigenvalue weighted by molar-refractivity contribution is -0.134. The van der Waals surface area contributed by atoms with E-state index in [0.29, 0.717) is 23.8 Å². The van der Waals surface area contributed by atoms with E-state index in [9.17, 15) is 4.79 Å². The first-order valence-corrected chi connectivity index (χ1v) is 6.78. The summed E-state index contributed by atoms with van der Waals surface area (Å²) in [5, 5.41) is 3.55. The Bertz CT molecular complexity index is 250. The zero-order valence-electron chi connectivity index (χ0n) is 10.5. The van der Waals surface area contributed by atoms with Gasteiger partial charge in [-0.15, -0.1) is 0 Å². The van der Waals surface area contributed by atoms with E-state index in [4.69, 9.17) is 0 Å². The molecule has 1 saturated heterocycles. The Morgan fingerprint density at radius 3 is 2.62 bits per heavy atom. The number of rotatable bonds is 4. The Balaban J connectivity index is 1.89. The van der Waals surface area contributed by atoms with E-state index in [1.165, 1.54) is 6.42 Å². The van der Waals surface area contributed by atoms with Gasteiger partial charge in [-0.1, -0.05) is 20.3 Å². The summed E-state index contributed by atoms with van der Waals surface area (Å²) < 4.78 is 0. The van der Waals surface area contributed by atoms with Gasteiger partial charge in [0.05, 0.1) is 0 Å².